The molecule has 7 heteroatoms. The second-order valence-corrected chi connectivity index (χ2v) is 10.7. The van der Waals surface area contributed by atoms with Crippen molar-refractivity contribution in [2.75, 3.05) is 20.3 Å². The standard InChI is InChI=1S/C25H37NO2.C2H4O2.O.W/c1-16-10-18(22(27)20(12-16)24(3,4)5)14-26(9)15-19-11-17(2)13-21(23(19)28)25(6,7)8;3-1-2-4;;/h10-13,27-28H,14-15H2,1-9H3;1-2H2;;/q;2*-2;/p-2. The molecule has 0 heterocycles. The van der Waals surface area contributed by atoms with Gasteiger partial charge in [0.2, 0.25) is 0 Å². The molecule has 2 rings (SSSR count). The SMILES string of the molecule is Cc1cc(CN(C)Cc2cc(C)cc(C(C)(C)C)c2[O-])c([O-])c(C(C)(C)C)c1.[O-2].[O-]CC[O-].[W]. The van der Waals surface area contributed by atoms with Crippen molar-refractivity contribution in [1.29, 1.82) is 0 Å². The van der Waals surface area contributed by atoms with Crippen LogP contribution in [0, 0.1) is 13.8 Å². The molecular formula is C27H39NO5W-6. The molecule has 0 atom stereocenters. The van der Waals surface area contributed by atoms with Gasteiger partial charge in [0.15, 0.2) is 0 Å². The predicted octanol–water partition coefficient (Wildman–Crippen LogP) is 2.26. The summed E-state index contributed by atoms with van der Waals surface area (Å²) in [6, 6.07) is 7.95. The molecule has 0 aromatic heterocycles. The van der Waals surface area contributed by atoms with E-state index in [0.717, 1.165) is 33.4 Å². The second kappa shape index (κ2) is 14.2. The average molecular weight is 641 g/mol. The van der Waals surface area contributed by atoms with E-state index in [4.69, 9.17) is 10.2 Å². The predicted molar refractivity (Wildman–Crippen MR) is 124 cm³/mol. The molecule has 0 saturated heterocycles. The number of aryl methyl sites for hydroxylation is 2. The molecule has 2 aromatic rings. The van der Waals surface area contributed by atoms with Crippen LogP contribution in [0.25, 0.3) is 0 Å². The molecular weight excluding hydrogens is 602 g/mol. The van der Waals surface area contributed by atoms with Gasteiger partial charge in [-0.05, 0) is 54.0 Å². The van der Waals surface area contributed by atoms with Crippen LogP contribution in [0.1, 0.15) is 74.9 Å². The summed E-state index contributed by atoms with van der Waals surface area (Å²) in [5, 5.41) is 43.9. The fraction of sp³-hybridized carbons (Fsp3) is 0.556. The van der Waals surface area contributed by atoms with E-state index in [1.54, 1.807) is 0 Å². The van der Waals surface area contributed by atoms with Gasteiger partial charge in [-0.15, -0.1) is 11.5 Å². The zero-order chi connectivity index (χ0) is 24.9. The summed E-state index contributed by atoms with van der Waals surface area (Å²) in [7, 11) is 1.97. The number of nitrogens with zero attached hydrogens (tertiary/aromatic N) is 1. The minimum atomic E-state index is -0.486. The average Bonchev–Trinajstić information content (AvgIpc) is 2.65. The van der Waals surface area contributed by atoms with E-state index in [-0.39, 0.29) is 48.9 Å². The quantitative estimate of drug-likeness (QED) is 0.496. The van der Waals surface area contributed by atoms with Gasteiger partial charge in [0.25, 0.3) is 0 Å². The maximum atomic E-state index is 13.0. The van der Waals surface area contributed by atoms with Gasteiger partial charge < -0.3 is 25.9 Å². The van der Waals surface area contributed by atoms with Gasteiger partial charge in [-0.2, -0.15) is 13.2 Å². The Morgan fingerprint density at radius 3 is 1.21 bits per heavy atom. The van der Waals surface area contributed by atoms with Crippen molar-refractivity contribution in [1.82, 2.24) is 4.90 Å². The van der Waals surface area contributed by atoms with Gasteiger partial charge in [-0.1, -0.05) is 76.9 Å². The molecule has 0 amide bonds. The largest absolute Gasteiger partial charge is 2.00 e. The Hall–Kier alpha value is -1.43. The van der Waals surface area contributed by atoms with E-state index in [0.29, 0.717) is 13.1 Å². The van der Waals surface area contributed by atoms with Crippen LogP contribution in [0.15, 0.2) is 24.3 Å². The van der Waals surface area contributed by atoms with Crippen molar-refractivity contribution < 1.29 is 47.0 Å². The smallest absolute Gasteiger partial charge is 0.0228 e. The van der Waals surface area contributed by atoms with Gasteiger partial charge in [0.05, 0.1) is 0 Å². The van der Waals surface area contributed by atoms with Crippen LogP contribution in [0.3, 0.4) is 0 Å². The van der Waals surface area contributed by atoms with Crippen molar-refractivity contribution in [2.24, 2.45) is 0 Å². The Kier molecular flexibility index (Phi) is 14.5. The maximum absolute atomic E-state index is 13.0. The van der Waals surface area contributed by atoms with Crippen LogP contribution in [-0.4, -0.2) is 25.2 Å². The molecule has 0 aliphatic heterocycles. The molecule has 0 fully saturated rings. The number of rotatable bonds is 5. The zero-order valence-electron chi connectivity index (χ0n) is 22.0. The van der Waals surface area contributed by atoms with E-state index in [2.05, 4.69) is 46.4 Å². The molecule has 0 unspecified atom stereocenters. The molecule has 0 aliphatic rings. The van der Waals surface area contributed by atoms with Gasteiger partial charge in [0, 0.05) is 34.2 Å². The van der Waals surface area contributed by atoms with Crippen LogP contribution in [-0.2, 0) is 50.5 Å². The molecule has 0 aliphatic carbocycles. The summed E-state index contributed by atoms with van der Waals surface area (Å²) in [6.45, 7) is 16.6. The summed E-state index contributed by atoms with van der Waals surface area (Å²) in [5.41, 5.74) is 5.13. The Labute approximate surface area is 220 Å². The normalized spacial score (nSPS) is 11.3. The minimum Gasteiger partial charge on any atom is -2.00 e. The van der Waals surface area contributed by atoms with Gasteiger partial charge in [-0.25, -0.2) is 0 Å². The Morgan fingerprint density at radius 2 is 0.971 bits per heavy atom. The summed E-state index contributed by atoms with van der Waals surface area (Å²) in [6.07, 6.45) is 0. The third-order valence-electron chi connectivity index (χ3n) is 5.20. The van der Waals surface area contributed by atoms with Gasteiger partial charge in [0.1, 0.15) is 0 Å². The molecule has 0 N–H and O–H groups in total. The first-order valence-corrected chi connectivity index (χ1v) is 11.1. The number of benzene rings is 2. The first-order valence-electron chi connectivity index (χ1n) is 11.1. The Morgan fingerprint density at radius 1 is 0.676 bits per heavy atom. The first kappa shape index (κ1) is 34.7. The first-order chi connectivity index (χ1) is 14.6. The van der Waals surface area contributed by atoms with Gasteiger partial charge in [-0.3, -0.25) is 4.90 Å². The van der Waals surface area contributed by atoms with Crippen molar-refractivity contribution in [3.05, 3.63) is 57.6 Å². The second-order valence-electron chi connectivity index (χ2n) is 10.7. The van der Waals surface area contributed by atoms with Crippen LogP contribution in [0.5, 0.6) is 11.5 Å². The Balaban J connectivity index is 0. The molecule has 0 spiro atoms. The van der Waals surface area contributed by atoms with E-state index in [1.807, 2.05) is 45.2 Å². The van der Waals surface area contributed by atoms with Crippen molar-refractivity contribution in [2.45, 2.75) is 79.3 Å². The Bertz CT molecular complexity index is 828. The maximum Gasteiger partial charge on any atom is 0.0228 e. The molecule has 0 saturated carbocycles. The summed E-state index contributed by atoms with van der Waals surface area (Å²) in [4.78, 5) is 2.06. The minimum absolute atomic E-state index is 0. The van der Waals surface area contributed by atoms with Crippen LogP contribution < -0.4 is 20.4 Å². The molecule has 34 heavy (non-hydrogen) atoms. The van der Waals surface area contributed by atoms with Crippen molar-refractivity contribution in [3.63, 3.8) is 0 Å². The van der Waals surface area contributed by atoms with Crippen LogP contribution >= 0.6 is 0 Å². The molecule has 194 valence electrons. The van der Waals surface area contributed by atoms with Crippen molar-refractivity contribution >= 4 is 0 Å². The van der Waals surface area contributed by atoms with Gasteiger partial charge >= 0.3 is 0 Å². The summed E-state index contributed by atoms with van der Waals surface area (Å²) < 4.78 is 0. The topological polar surface area (TPSA) is 124 Å². The summed E-state index contributed by atoms with van der Waals surface area (Å²) in [5.74, 6) is 0.235. The molecule has 6 nitrogen and oxygen atoms in total. The fourth-order valence-electron chi connectivity index (χ4n) is 3.68. The monoisotopic (exact) mass is 641 g/mol. The zero-order valence-corrected chi connectivity index (χ0v) is 25.0. The van der Waals surface area contributed by atoms with Crippen molar-refractivity contribution in [3.8, 4) is 11.5 Å². The molecule has 0 bridgehead atoms. The molecule has 0 radical (unpaired) electrons. The molecule has 2 aromatic carbocycles. The number of hydrogen-bond donors (Lipinski definition) is 0. The third-order valence-corrected chi connectivity index (χ3v) is 5.20. The fourth-order valence-corrected chi connectivity index (χ4v) is 3.68. The van der Waals surface area contributed by atoms with E-state index in [9.17, 15) is 10.2 Å². The van der Waals surface area contributed by atoms with Crippen LogP contribution in [0.2, 0.25) is 0 Å². The van der Waals surface area contributed by atoms with E-state index >= 15 is 0 Å². The van der Waals surface area contributed by atoms with E-state index < -0.39 is 13.2 Å². The van der Waals surface area contributed by atoms with Crippen LogP contribution in [0.4, 0.5) is 0 Å². The number of hydrogen-bond acceptors (Lipinski definition) is 5. The van der Waals surface area contributed by atoms with E-state index in [1.165, 1.54) is 0 Å². The summed E-state index contributed by atoms with van der Waals surface area (Å²) >= 11 is 0. The third kappa shape index (κ3) is 10.0.